The molecule has 0 aromatic carbocycles. The molecule has 0 aliphatic rings. The smallest absolute Gasteiger partial charge is 0.0489 e. The molecule has 0 fully saturated rings. The van der Waals surface area contributed by atoms with Gasteiger partial charge in [-0.05, 0) is 25.3 Å². The third kappa shape index (κ3) is 11.9. The van der Waals surface area contributed by atoms with Gasteiger partial charge >= 0.3 is 0 Å². The van der Waals surface area contributed by atoms with E-state index in [-0.39, 0.29) is 0 Å². The number of hydrogen-bond donors (Lipinski definition) is 1. The van der Waals surface area contributed by atoms with E-state index in [0.29, 0.717) is 12.5 Å². The fourth-order valence-corrected chi connectivity index (χ4v) is 0.870. The van der Waals surface area contributed by atoms with Crippen LogP contribution in [0.3, 0.4) is 0 Å². The molecule has 0 radical (unpaired) electrons. The lowest BCUT2D eigenvalue weighted by Gasteiger charge is -2.06. The Morgan fingerprint density at radius 1 is 1.00 bits per heavy atom. The van der Waals surface area contributed by atoms with Crippen LogP contribution in [-0.4, -0.2) is 33.0 Å². The molecule has 0 aliphatic heterocycles. The van der Waals surface area contributed by atoms with Gasteiger partial charge in [-0.2, -0.15) is 0 Å². The van der Waals surface area contributed by atoms with E-state index in [1.165, 1.54) is 0 Å². The molecule has 0 saturated heterocycles. The first-order valence-electron chi connectivity index (χ1n) is 5.13. The van der Waals surface area contributed by atoms with Crippen molar-refractivity contribution in [3.8, 4) is 0 Å². The largest absolute Gasteiger partial charge is 0.381 e. The van der Waals surface area contributed by atoms with Crippen molar-refractivity contribution >= 4 is 0 Å². The molecule has 0 spiro atoms. The molecule has 0 heterocycles. The van der Waals surface area contributed by atoms with Gasteiger partial charge < -0.3 is 15.2 Å². The normalized spacial score (nSPS) is 11.1. The summed E-state index contributed by atoms with van der Waals surface area (Å²) in [5, 5.41) is 0. The zero-order valence-electron chi connectivity index (χ0n) is 8.92. The lowest BCUT2D eigenvalue weighted by atomic mass is 10.2. The molecule has 0 aromatic rings. The van der Waals surface area contributed by atoms with Gasteiger partial charge in [-0.3, -0.25) is 0 Å². The van der Waals surface area contributed by atoms with Crippen LogP contribution < -0.4 is 5.73 Å². The van der Waals surface area contributed by atoms with E-state index >= 15 is 0 Å². The third-order valence-electron chi connectivity index (χ3n) is 1.52. The second kappa shape index (κ2) is 9.96. The second-order valence-corrected chi connectivity index (χ2v) is 3.58. The van der Waals surface area contributed by atoms with Gasteiger partial charge in [-0.15, -0.1) is 0 Å². The molecular formula is C10H23NO2. The van der Waals surface area contributed by atoms with Gasteiger partial charge in [-0.1, -0.05) is 13.8 Å². The van der Waals surface area contributed by atoms with E-state index in [4.69, 9.17) is 15.2 Å². The molecule has 0 unspecified atom stereocenters. The first-order valence-corrected chi connectivity index (χ1v) is 5.13. The van der Waals surface area contributed by atoms with E-state index in [1.54, 1.807) is 0 Å². The molecule has 2 N–H and O–H groups in total. The van der Waals surface area contributed by atoms with Gasteiger partial charge in [0.2, 0.25) is 0 Å². The van der Waals surface area contributed by atoms with Crippen molar-refractivity contribution in [2.75, 3.05) is 33.0 Å². The Bertz CT molecular complexity index is 96.9. The van der Waals surface area contributed by atoms with Gasteiger partial charge in [-0.25, -0.2) is 0 Å². The summed E-state index contributed by atoms with van der Waals surface area (Å²) < 4.78 is 10.7. The molecule has 80 valence electrons. The summed E-state index contributed by atoms with van der Waals surface area (Å²) in [5.41, 5.74) is 5.32. The highest BCUT2D eigenvalue weighted by molar-refractivity contribution is 4.41. The molecule has 0 aromatic heterocycles. The highest BCUT2D eigenvalue weighted by atomic mass is 16.5. The molecule has 0 saturated carbocycles. The van der Waals surface area contributed by atoms with Crippen LogP contribution in [0.5, 0.6) is 0 Å². The summed E-state index contributed by atoms with van der Waals surface area (Å²) in [6, 6.07) is 0. The van der Waals surface area contributed by atoms with Crippen LogP contribution >= 0.6 is 0 Å². The Morgan fingerprint density at radius 2 is 1.62 bits per heavy atom. The maximum absolute atomic E-state index is 5.40. The topological polar surface area (TPSA) is 44.5 Å². The van der Waals surface area contributed by atoms with Crippen molar-refractivity contribution in [3.05, 3.63) is 0 Å². The Morgan fingerprint density at radius 3 is 2.23 bits per heavy atom. The number of rotatable bonds is 9. The minimum absolute atomic E-state index is 0.623. The first-order chi connectivity index (χ1) is 6.27. The van der Waals surface area contributed by atoms with Crippen molar-refractivity contribution in [1.29, 1.82) is 0 Å². The number of nitrogens with two attached hydrogens (primary N) is 1. The van der Waals surface area contributed by atoms with Crippen molar-refractivity contribution in [1.82, 2.24) is 0 Å². The lowest BCUT2D eigenvalue weighted by molar-refractivity contribution is 0.0712. The Balaban J connectivity index is 2.84. The summed E-state index contributed by atoms with van der Waals surface area (Å²) in [4.78, 5) is 0. The maximum atomic E-state index is 5.40. The average Bonchev–Trinajstić information content (AvgIpc) is 2.09. The van der Waals surface area contributed by atoms with Crippen molar-refractivity contribution in [3.63, 3.8) is 0 Å². The van der Waals surface area contributed by atoms with Crippen LogP contribution in [0.2, 0.25) is 0 Å². The van der Waals surface area contributed by atoms with Gasteiger partial charge in [0, 0.05) is 26.4 Å². The molecule has 0 amide bonds. The highest BCUT2D eigenvalue weighted by Crippen LogP contribution is 1.93. The van der Waals surface area contributed by atoms with E-state index in [0.717, 1.165) is 39.3 Å². The standard InChI is InChI=1S/C10H23NO2/c1-10(2)9-13-8-4-7-12-6-3-5-11/h10H,3-9,11H2,1-2H3. The summed E-state index contributed by atoms with van der Waals surface area (Å²) in [6.45, 7) is 8.24. The molecule has 0 rings (SSSR count). The Labute approximate surface area is 81.6 Å². The lowest BCUT2D eigenvalue weighted by Crippen LogP contribution is -2.08. The predicted octanol–water partition coefficient (Wildman–Crippen LogP) is 1.41. The maximum Gasteiger partial charge on any atom is 0.0489 e. The third-order valence-corrected chi connectivity index (χ3v) is 1.52. The van der Waals surface area contributed by atoms with Crippen LogP contribution in [0.15, 0.2) is 0 Å². The van der Waals surface area contributed by atoms with Crippen LogP contribution in [0.25, 0.3) is 0 Å². The highest BCUT2D eigenvalue weighted by Gasteiger charge is 1.93. The van der Waals surface area contributed by atoms with E-state index in [9.17, 15) is 0 Å². The summed E-state index contributed by atoms with van der Waals surface area (Å²) in [6.07, 6.45) is 1.93. The van der Waals surface area contributed by atoms with Crippen molar-refractivity contribution < 1.29 is 9.47 Å². The van der Waals surface area contributed by atoms with E-state index in [2.05, 4.69) is 13.8 Å². The van der Waals surface area contributed by atoms with Crippen LogP contribution in [0, 0.1) is 5.92 Å². The first kappa shape index (κ1) is 12.9. The zero-order valence-corrected chi connectivity index (χ0v) is 8.92. The van der Waals surface area contributed by atoms with E-state index in [1.807, 2.05) is 0 Å². The predicted molar refractivity (Wildman–Crippen MR) is 54.8 cm³/mol. The van der Waals surface area contributed by atoms with Gasteiger partial charge in [0.15, 0.2) is 0 Å². The summed E-state index contributed by atoms with van der Waals surface area (Å²) >= 11 is 0. The quantitative estimate of drug-likeness (QED) is 0.558. The summed E-state index contributed by atoms with van der Waals surface area (Å²) in [7, 11) is 0. The fraction of sp³-hybridized carbons (Fsp3) is 1.00. The number of hydrogen-bond acceptors (Lipinski definition) is 3. The minimum atomic E-state index is 0.623. The fourth-order valence-electron chi connectivity index (χ4n) is 0.870. The zero-order chi connectivity index (χ0) is 9.94. The van der Waals surface area contributed by atoms with Crippen molar-refractivity contribution in [2.45, 2.75) is 26.7 Å². The Kier molecular flexibility index (Phi) is 9.87. The van der Waals surface area contributed by atoms with E-state index < -0.39 is 0 Å². The van der Waals surface area contributed by atoms with Gasteiger partial charge in [0.1, 0.15) is 0 Å². The monoisotopic (exact) mass is 189 g/mol. The molecule has 0 atom stereocenters. The molecule has 3 heteroatoms. The molecule has 0 aliphatic carbocycles. The molecule has 0 bridgehead atoms. The molecule has 13 heavy (non-hydrogen) atoms. The SMILES string of the molecule is CC(C)COCCCOCCCN. The van der Waals surface area contributed by atoms with Crippen molar-refractivity contribution in [2.24, 2.45) is 11.7 Å². The number of ether oxygens (including phenoxy) is 2. The molecular weight excluding hydrogens is 166 g/mol. The Hall–Kier alpha value is -0.120. The average molecular weight is 189 g/mol. The van der Waals surface area contributed by atoms with Gasteiger partial charge in [0.05, 0.1) is 0 Å². The van der Waals surface area contributed by atoms with Gasteiger partial charge in [0.25, 0.3) is 0 Å². The van der Waals surface area contributed by atoms with Crippen LogP contribution in [0.4, 0.5) is 0 Å². The minimum Gasteiger partial charge on any atom is -0.381 e. The van der Waals surface area contributed by atoms with Crippen LogP contribution in [0.1, 0.15) is 26.7 Å². The summed E-state index contributed by atoms with van der Waals surface area (Å²) in [5.74, 6) is 0.623. The van der Waals surface area contributed by atoms with Crippen LogP contribution in [-0.2, 0) is 9.47 Å². The second-order valence-electron chi connectivity index (χ2n) is 3.58. The molecule has 3 nitrogen and oxygen atoms in total.